The predicted molar refractivity (Wildman–Crippen MR) is 324 cm³/mol. The molecule has 0 amide bonds. The fourth-order valence-electron chi connectivity index (χ4n) is 11.3. The van der Waals surface area contributed by atoms with Gasteiger partial charge in [-0.05, 0) is 156 Å². The second-order valence-corrected chi connectivity index (χ2v) is 29.3. The number of hydrogen-bond donors (Lipinski definition) is 1. The van der Waals surface area contributed by atoms with Crippen LogP contribution in [0.2, 0.25) is 5.02 Å². The molecule has 1 aromatic heterocycles. The SMILES string of the molecule is CCCCOC(=O)C1CCN(CC[C@H](CSc2ccccc2)Nc2ccc([P@]3(=O)OCCN3c3ccc(N4CCN(c5cc(F)cc(-c6c(S(C)(=O)=O)c(C)n(C(C)C)c6-c6ccc(Cl)cc6)c5)CC4)cc3)cc2S(=O)(=O)C(F)(F)F)CC1. The van der Waals surface area contributed by atoms with Crippen LogP contribution >= 0.6 is 30.9 Å². The Bertz CT molecular complexity index is 3540. The summed E-state index contributed by atoms with van der Waals surface area (Å²) in [6, 6.07) is 31.2. The number of carbonyl (C=O) groups excluding carboxylic acids is 1. The molecule has 0 aliphatic carbocycles. The number of thioether (sulfide) groups is 1. The van der Waals surface area contributed by atoms with E-state index in [4.69, 9.17) is 20.9 Å². The highest BCUT2D eigenvalue weighted by atomic mass is 35.5. The van der Waals surface area contributed by atoms with Crippen molar-refractivity contribution in [2.24, 2.45) is 5.92 Å². The number of unbranched alkanes of at least 4 members (excludes halogenated alkanes) is 1. The van der Waals surface area contributed by atoms with Crippen molar-refractivity contribution in [1.29, 1.82) is 0 Å². The number of alkyl halides is 3. The quantitative estimate of drug-likeness (QED) is 0.0239. The van der Waals surface area contributed by atoms with Gasteiger partial charge in [-0.1, -0.05) is 55.3 Å². The lowest BCUT2D eigenvalue weighted by molar-refractivity contribution is -0.150. The molecule has 3 fully saturated rings. The number of anilines is 4. The van der Waals surface area contributed by atoms with Crippen LogP contribution in [0.4, 0.5) is 40.3 Å². The first-order valence-corrected chi connectivity index (χ1v) is 34.2. The number of nitrogens with zero attached hydrogens (tertiary/aromatic N) is 5. The van der Waals surface area contributed by atoms with Crippen LogP contribution in [0.15, 0.2) is 130 Å². The maximum absolute atomic E-state index is 15.9. The lowest BCUT2D eigenvalue weighted by atomic mass is 9.96. The van der Waals surface area contributed by atoms with E-state index >= 15 is 8.96 Å². The van der Waals surface area contributed by atoms with E-state index in [0.29, 0.717) is 116 Å². The number of hydrogen-bond acceptors (Lipinski definition) is 13. The number of piperazine rings is 1. The molecule has 3 aliphatic heterocycles. The van der Waals surface area contributed by atoms with E-state index in [-0.39, 0.29) is 47.0 Å². The van der Waals surface area contributed by atoms with E-state index in [0.717, 1.165) is 41.3 Å². The van der Waals surface area contributed by atoms with Gasteiger partial charge < -0.3 is 33.8 Å². The zero-order valence-electron chi connectivity index (χ0n) is 47.1. The van der Waals surface area contributed by atoms with Gasteiger partial charge in [-0.15, -0.1) is 11.8 Å². The minimum Gasteiger partial charge on any atom is -0.465 e. The van der Waals surface area contributed by atoms with Gasteiger partial charge in [-0.2, -0.15) is 13.2 Å². The molecule has 1 N–H and O–H groups in total. The van der Waals surface area contributed by atoms with E-state index < -0.39 is 49.5 Å². The third-order valence-electron chi connectivity index (χ3n) is 15.5. The summed E-state index contributed by atoms with van der Waals surface area (Å²) in [5.74, 6) is -0.547. The lowest BCUT2D eigenvalue weighted by Crippen LogP contribution is -2.46. The zero-order chi connectivity index (χ0) is 59.4. The van der Waals surface area contributed by atoms with Gasteiger partial charge in [0.25, 0.3) is 9.84 Å². The predicted octanol–water partition coefficient (Wildman–Crippen LogP) is 12.9. The van der Waals surface area contributed by atoms with Crippen LogP contribution in [-0.2, 0) is 38.3 Å². The number of nitrogens with one attached hydrogen (secondary N) is 1. The molecule has 83 heavy (non-hydrogen) atoms. The van der Waals surface area contributed by atoms with Gasteiger partial charge in [0, 0.05) is 95.1 Å². The topological polar surface area (TPSA) is 151 Å². The Hall–Kier alpha value is -5.54. The molecule has 0 spiro atoms. The van der Waals surface area contributed by atoms with Crippen LogP contribution in [-0.4, -0.2) is 121 Å². The van der Waals surface area contributed by atoms with Crippen molar-refractivity contribution < 1.29 is 53.0 Å². The Morgan fingerprint density at radius 3 is 2.11 bits per heavy atom. The largest absolute Gasteiger partial charge is 0.501 e. The highest BCUT2D eigenvalue weighted by Gasteiger charge is 2.50. The Kier molecular flexibility index (Phi) is 19.4. The van der Waals surface area contributed by atoms with Crippen LogP contribution in [0, 0.1) is 18.7 Å². The zero-order valence-corrected chi connectivity index (χ0v) is 51.2. The highest BCUT2D eigenvalue weighted by molar-refractivity contribution is 7.99. The summed E-state index contributed by atoms with van der Waals surface area (Å²) in [6.07, 6.45) is 4.54. The molecule has 3 saturated heterocycles. The van der Waals surface area contributed by atoms with E-state index in [1.807, 2.05) is 90.9 Å². The van der Waals surface area contributed by atoms with Crippen molar-refractivity contribution in [3.05, 3.63) is 132 Å². The van der Waals surface area contributed by atoms with Crippen LogP contribution in [0.5, 0.6) is 0 Å². The molecule has 4 heterocycles. The summed E-state index contributed by atoms with van der Waals surface area (Å²) < 4.78 is 144. The van der Waals surface area contributed by atoms with Crippen LogP contribution in [0.25, 0.3) is 22.4 Å². The fourth-order valence-corrected chi connectivity index (χ4v) is 16.9. The first-order valence-electron chi connectivity index (χ1n) is 27.9. The molecule has 0 saturated carbocycles. The van der Waals surface area contributed by atoms with Gasteiger partial charge in [-0.3, -0.25) is 14.0 Å². The highest BCUT2D eigenvalue weighted by Crippen LogP contribution is 2.56. The number of benzene rings is 5. The summed E-state index contributed by atoms with van der Waals surface area (Å²) in [5.41, 5.74) is -1.38. The molecule has 9 rings (SSSR count). The number of piperidine rings is 1. The Labute approximate surface area is 493 Å². The molecule has 23 heteroatoms. The first-order chi connectivity index (χ1) is 39.5. The lowest BCUT2D eigenvalue weighted by Gasteiger charge is -2.37. The average Bonchev–Trinajstić information content (AvgIpc) is 2.21. The maximum Gasteiger partial charge on any atom is 0.501 e. The minimum absolute atomic E-state index is 0.0403. The molecule has 0 unspecified atom stereocenters. The summed E-state index contributed by atoms with van der Waals surface area (Å²) in [6.45, 7) is 12.0. The molecular weight excluding hydrogens is 1170 g/mol. The van der Waals surface area contributed by atoms with Gasteiger partial charge >= 0.3 is 19.0 Å². The Morgan fingerprint density at radius 1 is 0.831 bits per heavy atom. The first kappa shape index (κ1) is 62.0. The number of rotatable bonds is 21. The number of esters is 1. The van der Waals surface area contributed by atoms with E-state index in [1.165, 1.54) is 40.7 Å². The van der Waals surface area contributed by atoms with Crippen LogP contribution in [0.3, 0.4) is 0 Å². The van der Waals surface area contributed by atoms with Gasteiger partial charge in [0.1, 0.15) is 10.7 Å². The standard InChI is InChI=1S/C60H70ClF4N6O8PS3/c1-6-7-34-78-59(72)44-23-26-67(27-24-44)28-25-48(40-81-53-11-9-8-10-12-53)66-54-22-21-52(39-55(54)83(76,77)60(63,64)65)80(73)70(33-35-79-80)50-19-17-49(18-20-50)68-29-31-69(32-30-68)51-37-45(36-47(62)38-51)56-57(43-13-15-46(61)16-14-43)71(41(2)3)42(4)58(56)82(5,74)75/h8-22,36-39,41,44,48,66H,6-7,23-35,40H2,1-5H3/t48-,80+/m1/s1. The fraction of sp³-hybridized carbons (Fsp3) is 0.417. The van der Waals surface area contributed by atoms with Crippen molar-refractivity contribution in [3.8, 4) is 22.4 Å². The second-order valence-electron chi connectivity index (χ2n) is 21.6. The Morgan fingerprint density at radius 2 is 1.48 bits per heavy atom. The van der Waals surface area contributed by atoms with Crippen molar-refractivity contribution in [1.82, 2.24) is 9.47 Å². The third kappa shape index (κ3) is 13.9. The third-order valence-corrected chi connectivity index (χ3v) is 22.2. The van der Waals surface area contributed by atoms with Crippen molar-refractivity contribution >= 4 is 84.6 Å². The molecule has 5 aromatic carbocycles. The van der Waals surface area contributed by atoms with Gasteiger partial charge in [0.05, 0.1) is 47.3 Å². The van der Waals surface area contributed by atoms with Crippen molar-refractivity contribution in [2.75, 3.05) is 97.4 Å². The summed E-state index contributed by atoms with van der Waals surface area (Å²) >= 11 is 7.75. The second kappa shape index (κ2) is 26.0. The van der Waals surface area contributed by atoms with Gasteiger partial charge in [-0.25, -0.2) is 21.2 Å². The maximum atomic E-state index is 15.9. The number of sulfone groups is 2. The van der Waals surface area contributed by atoms with E-state index in [2.05, 4.69) is 15.1 Å². The van der Waals surface area contributed by atoms with Gasteiger partial charge in [0.15, 0.2) is 9.84 Å². The summed E-state index contributed by atoms with van der Waals surface area (Å²) in [4.78, 5) is 19.0. The number of carbonyl (C=O) groups is 1. The smallest absolute Gasteiger partial charge is 0.465 e. The minimum atomic E-state index is -5.99. The van der Waals surface area contributed by atoms with Crippen molar-refractivity contribution in [2.45, 2.75) is 92.1 Å². The van der Waals surface area contributed by atoms with Crippen molar-refractivity contribution in [3.63, 3.8) is 0 Å². The molecule has 6 aromatic rings. The number of halogens is 5. The van der Waals surface area contributed by atoms with Crippen LogP contribution in [0.1, 0.15) is 64.6 Å². The van der Waals surface area contributed by atoms with Gasteiger partial charge in [0.2, 0.25) is 0 Å². The molecule has 14 nitrogen and oxygen atoms in total. The molecule has 2 atom stereocenters. The summed E-state index contributed by atoms with van der Waals surface area (Å²) in [7, 11) is -14.0. The molecule has 0 bridgehead atoms. The average molecular weight is 1240 g/mol. The number of likely N-dealkylation sites (tertiary alicyclic amines) is 1. The monoisotopic (exact) mass is 1240 g/mol. The molecule has 446 valence electrons. The normalized spacial score (nSPS) is 18.0. The molecule has 0 radical (unpaired) electrons. The molecular formula is C60H70ClF4N6O8PS3. The van der Waals surface area contributed by atoms with E-state index in [1.54, 1.807) is 31.2 Å². The van der Waals surface area contributed by atoms with Crippen LogP contribution < -0.4 is 25.1 Å². The van der Waals surface area contributed by atoms with E-state index in [9.17, 15) is 34.8 Å². The molecule has 3 aliphatic rings. The Balaban J connectivity index is 0.918. The number of ether oxygens (including phenoxy) is 1. The summed E-state index contributed by atoms with van der Waals surface area (Å²) in [5, 5.41) is 3.46. The number of aromatic nitrogens is 1.